The third-order valence-corrected chi connectivity index (χ3v) is 3.28. The largest absolute Gasteiger partial charge is 0.478 e. The summed E-state index contributed by atoms with van der Waals surface area (Å²) in [6, 6.07) is 16.2. The van der Waals surface area contributed by atoms with Crippen LogP contribution in [0.2, 0.25) is 0 Å². The van der Waals surface area contributed by atoms with E-state index in [0.717, 1.165) is 0 Å². The first kappa shape index (κ1) is 13.8. The van der Waals surface area contributed by atoms with Crippen molar-refractivity contribution in [2.24, 2.45) is 5.10 Å². The van der Waals surface area contributed by atoms with E-state index in [4.69, 9.17) is 0 Å². The maximum absolute atomic E-state index is 12.3. The molecule has 0 unspecified atom stereocenters. The van der Waals surface area contributed by atoms with Gasteiger partial charge < -0.3 is 5.11 Å². The minimum absolute atomic E-state index is 0.0966. The molecule has 108 valence electrons. The van der Waals surface area contributed by atoms with Gasteiger partial charge in [-0.25, -0.2) is 4.79 Å². The number of carbonyl (C=O) groups is 2. The molecule has 0 amide bonds. The second-order valence-electron chi connectivity index (χ2n) is 4.72. The third kappa shape index (κ3) is 2.52. The topological polar surface area (TPSA) is 78.8 Å². The molecule has 0 aromatic heterocycles. The Kier molecular flexibility index (Phi) is 3.53. The van der Waals surface area contributed by atoms with Gasteiger partial charge in [0.2, 0.25) is 5.78 Å². The molecule has 2 N–H and O–H groups in total. The molecule has 5 nitrogen and oxygen atoms in total. The fourth-order valence-corrected chi connectivity index (χ4v) is 2.21. The van der Waals surface area contributed by atoms with Crippen molar-refractivity contribution in [1.82, 2.24) is 0 Å². The molecule has 0 saturated heterocycles. The number of benzene rings is 2. The number of fused-ring (bicyclic) bond motifs is 1. The molecule has 22 heavy (non-hydrogen) atoms. The highest BCUT2D eigenvalue weighted by Crippen LogP contribution is 2.22. The van der Waals surface area contributed by atoms with E-state index in [9.17, 15) is 14.7 Å². The summed E-state index contributed by atoms with van der Waals surface area (Å²) in [7, 11) is 0. The Hall–Kier alpha value is -3.21. The molecular weight excluding hydrogens is 280 g/mol. The van der Waals surface area contributed by atoms with Crippen LogP contribution < -0.4 is 5.43 Å². The normalized spacial score (nSPS) is 15.2. The van der Waals surface area contributed by atoms with Crippen molar-refractivity contribution in [3.63, 3.8) is 0 Å². The number of para-hydroxylation sites is 1. The molecule has 0 heterocycles. The highest BCUT2D eigenvalue weighted by molar-refractivity contribution is 6.58. The smallest absolute Gasteiger partial charge is 0.339 e. The Morgan fingerprint density at radius 3 is 2.41 bits per heavy atom. The second kappa shape index (κ2) is 5.65. The molecular formula is C17H12N2O3. The fourth-order valence-electron chi connectivity index (χ4n) is 2.21. The summed E-state index contributed by atoms with van der Waals surface area (Å²) in [6.45, 7) is 0. The number of carboxylic acid groups (broad SMARTS) is 1. The van der Waals surface area contributed by atoms with Gasteiger partial charge in [0.25, 0.3) is 0 Å². The van der Waals surface area contributed by atoms with Crippen LogP contribution in [0.25, 0.3) is 6.08 Å². The van der Waals surface area contributed by atoms with Crippen LogP contribution in [-0.4, -0.2) is 22.6 Å². The zero-order chi connectivity index (χ0) is 15.5. The molecule has 1 aliphatic carbocycles. The van der Waals surface area contributed by atoms with Crippen molar-refractivity contribution in [1.29, 1.82) is 0 Å². The van der Waals surface area contributed by atoms with E-state index in [0.29, 0.717) is 16.8 Å². The molecule has 0 bridgehead atoms. The standard InChI is InChI=1S/C17H12N2O3/c20-16-14(17(21)22)10-11-6-4-5-9-13(11)15(16)19-18-12-7-2-1-3-8-12/h1-10,18H,(H,21,22)/b19-15+. The lowest BCUT2D eigenvalue weighted by molar-refractivity contribution is -0.133. The van der Waals surface area contributed by atoms with E-state index in [1.54, 1.807) is 36.4 Å². The van der Waals surface area contributed by atoms with Gasteiger partial charge in [-0.05, 0) is 23.8 Å². The van der Waals surface area contributed by atoms with Crippen LogP contribution in [0.3, 0.4) is 0 Å². The predicted molar refractivity (Wildman–Crippen MR) is 83.7 cm³/mol. The van der Waals surface area contributed by atoms with Crippen LogP contribution in [0, 0.1) is 0 Å². The zero-order valence-electron chi connectivity index (χ0n) is 11.5. The number of nitrogens with one attached hydrogen (secondary N) is 1. The van der Waals surface area contributed by atoms with Gasteiger partial charge in [0.15, 0.2) is 0 Å². The number of Topliss-reactive ketones (excluding diaryl/α,β-unsaturated/α-hetero) is 1. The van der Waals surface area contributed by atoms with E-state index >= 15 is 0 Å². The predicted octanol–water partition coefficient (Wildman–Crippen LogP) is 2.55. The molecule has 0 aliphatic heterocycles. The Morgan fingerprint density at radius 2 is 1.68 bits per heavy atom. The molecule has 1 aliphatic rings. The van der Waals surface area contributed by atoms with Crippen molar-refractivity contribution in [3.8, 4) is 0 Å². The van der Waals surface area contributed by atoms with E-state index in [-0.39, 0.29) is 11.3 Å². The average molecular weight is 292 g/mol. The molecule has 0 atom stereocenters. The number of ketones is 1. The van der Waals surface area contributed by atoms with Crippen molar-refractivity contribution >= 4 is 29.2 Å². The van der Waals surface area contributed by atoms with Gasteiger partial charge in [-0.1, -0.05) is 42.5 Å². The highest BCUT2D eigenvalue weighted by Gasteiger charge is 2.29. The van der Waals surface area contributed by atoms with E-state index in [1.165, 1.54) is 6.08 Å². The molecule has 0 saturated carbocycles. The van der Waals surface area contributed by atoms with Gasteiger partial charge >= 0.3 is 5.97 Å². The first-order valence-electron chi connectivity index (χ1n) is 6.64. The zero-order valence-corrected chi connectivity index (χ0v) is 11.5. The number of aliphatic carboxylic acids is 1. The lowest BCUT2D eigenvalue weighted by atomic mass is 9.89. The summed E-state index contributed by atoms with van der Waals surface area (Å²) >= 11 is 0. The Balaban J connectivity index is 2.04. The number of anilines is 1. The monoisotopic (exact) mass is 292 g/mol. The second-order valence-corrected chi connectivity index (χ2v) is 4.72. The Morgan fingerprint density at radius 1 is 1.00 bits per heavy atom. The quantitative estimate of drug-likeness (QED) is 0.673. The molecule has 2 aromatic carbocycles. The summed E-state index contributed by atoms with van der Waals surface area (Å²) in [5.74, 6) is -1.86. The van der Waals surface area contributed by atoms with E-state index in [2.05, 4.69) is 10.5 Å². The minimum Gasteiger partial charge on any atom is -0.478 e. The number of carbonyl (C=O) groups excluding carboxylic acids is 1. The minimum atomic E-state index is -1.26. The number of rotatable bonds is 3. The van der Waals surface area contributed by atoms with Crippen molar-refractivity contribution in [2.75, 3.05) is 5.43 Å². The summed E-state index contributed by atoms with van der Waals surface area (Å²) in [5.41, 5.74) is 4.59. The first-order chi connectivity index (χ1) is 10.7. The maximum atomic E-state index is 12.3. The lowest BCUT2D eigenvalue weighted by Gasteiger charge is -2.15. The van der Waals surface area contributed by atoms with Crippen molar-refractivity contribution in [3.05, 3.63) is 71.3 Å². The van der Waals surface area contributed by atoms with Gasteiger partial charge in [-0.3, -0.25) is 10.2 Å². The Bertz CT molecular complexity index is 808. The van der Waals surface area contributed by atoms with Gasteiger partial charge in [0, 0.05) is 5.56 Å². The number of hydrogen-bond acceptors (Lipinski definition) is 4. The highest BCUT2D eigenvalue weighted by atomic mass is 16.4. The fraction of sp³-hybridized carbons (Fsp3) is 0. The van der Waals surface area contributed by atoms with Crippen LogP contribution in [-0.2, 0) is 9.59 Å². The van der Waals surface area contributed by atoms with Crippen LogP contribution in [0.1, 0.15) is 11.1 Å². The first-order valence-corrected chi connectivity index (χ1v) is 6.64. The number of hydrogen-bond donors (Lipinski definition) is 2. The molecule has 0 radical (unpaired) electrons. The summed E-state index contributed by atoms with van der Waals surface area (Å²) in [4.78, 5) is 23.6. The number of carboxylic acids is 1. The summed E-state index contributed by atoms with van der Waals surface area (Å²) < 4.78 is 0. The summed E-state index contributed by atoms with van der Waals surface area (Å²) in [6.07, 6.45) is 1.38. The Labute approximate surface area is 126 Å². The molecule has 0 fully saturated rings. The van der Waals surface area contributed by atoms with Gasteiger partial charge in [0.05, 0.1) is 5.69 Å². The molecule has 2 aromatic rings. The lowest BCUT2D eigenvalue weighted by Crippen LogP contribution is -2.27. The molecule has 0 spiro atoms. The maximum Gasteiger partial charge on any atom is 0.339 e. The van der Waals surface area contributed by atoms with Crippen LogP contribution in [0.15, 0.2) is 65.3 Å². The number of nitrogens with zero attached hydrogens (tertiary/aromatic N) is 1. The SMILES string of the molecule is O=C(O)C1=Cc2ccccc2/C(=N\Nc2ccccc2)C1=O. The molecule has 5 heteroatoms. The van der Waals surface area contributed by atoms with Crippen LogP contribution in [0.5, 0.6) is 0 Å². The van der Waals surface area contributed by atoms with Crippen LogP contribution in [0.4, 0.5) is 5.69 Å². The van der Waals surface area contributed by atoms with Gasteiger partial charge in [0.1, 0.15) is 11.3 Å². The van der Waals surface area contributed by atoms with Crippen molar-refractivity contribution in [2.45, 2.75) is 0 Å². The third-order valence-electron chi connectivity index (χ3n) is 3.28. The average Bonchev–Trinajstić information content (AvgIpc) is 2.54. The van der Waals surface area contributed by atoms with E-state index < -0.39 is 11.8 Å². The number of hydrazone groups is 1. The molecule has 3 rings (SSSR count). The van der Waals surface area contributed by atoms with Crippen molar-refractivity contribution < 1.29 is 14.7 Å². The van der Waals surface area contributed by atoms with Gasteiger partial charge in [-0.15, -0.1) is 0 Å². The van der Waals surface area contributed by atoms with Crippen LogP contribution >= 0.6 is 0 Å². The van der Waals surface area contributed by atoms with E-state index in [1.807, 2.05) is 18.2 Å². The van der Waals surface area contributed by atoms with Gasteiger partial charge in [-0.2, -0.15) is 5.10 Å². The summed E-state index contributed by atoms with van der Waals surface area (Å²) in [5, 5.41) is 13.3.